The van der Waals surface area contributed by atoms with Crippen LogP contribution in [-0.4, -0.2) is 34.5 Å². The average molecular weight is 369 g/mol. The summed E-state index contributed by atoms with van der Waals surface area (Å²) in [5.74, 6) is 2.06. The number of aliphatic hydroxyl groups is 2. The van der Waals surface area contributed by atoms with E-state index >= 15 is 0 Å². The third-order valence-electron chi connectivity index (χ3n) is 8.45. The van der Waals surface area contributed by atoms with Crippen LogP contribution in [-0.2, 0) is 0 Å². The van der Waals surface area contributed by atoms with E-state index in [9.17, 15) is 10.2 Å². The highest BCUT2D eigenvalue weighted by Crippen LogP contribution is 2.55. The molecule has 0 saturated heterocycles. The van der Waals surface area contributed by atoms with Crippen LogP contribution < -0.4 is 11.5 Å². The molecule has 6 N–H and O–H groups in total. The second kappa shape index (κ2) is 8.46. The van der Waals surface area contributed by atoms with Crippen molar-refractivity contribution in [3.8, 4) is 0 Å². The lowest BCUT2D eigenvalue weighted by Gasteiger charge is -2.57. The fourth-order valence-corrected chi connectivity index (χ4v) is 6.37. The van der Waals surface area contributed by atoms with Gasteiger partial charge in [-0.25, -0.2) is 0 Å². The molecule has 0 radical (unpaired) electrons. The van der Waals surface area contributed by atoms with E-state index in [0.29, 0.717) is 23.7 Å². The molecule has 2 saturated carbocycles. The van der Waals surface area contributed by atoms with Gasteiger partial charge >= 0.3 is 0 Å². The third kappa shape index (κ3) is 3.85. The first kappa shape index (κ1) is 22.1. The largest absolute Gasteiger partial charge is 0.391 e. The van der Waals surface area contributed by atoms with E-state index in [1.165, 1.54) is 19.3 Å². The maximum Gasteiger partial charge on any atom is 0.0719 e. The highest BCUT2D eigenvalue weighted by Gasteiger charge is 2.53. The highest BCUT2D eigenvalue weighted by atomic mass is 16.3. The molecular formula is C22H44N2O2. The maximum atomic E-state index is 10.5. The molecule has 0 spiro atoms. The summed E-state index contributed by atoms with van der Waals surface area (Å²) in [7, 11) is 0. The summed E-state index contributed by atoms with van der Waals surface area (Å²) in [6.45, 7) is 13.5. The van der Waals surface area contributed by atoms with E-state index < -0.39 is 12.2 Å². The van der Waals surface area contributed by atoms with Crippen molar-refractivity contribution in [1.29, 1.82) is 0 Å². The molecular weight excluding hydrogens is 324 g/mol. The van der Waals surface area contributed by atoms with E-state index in [1.54, 1.807) is 0 Å². The molecule has 154 valence electrons. The molecule has 10 unspecified atom stereocenters. The Hall–Kier alpha value is -0.160. The Bertz CT molecular complexity index is 423. The summed E-state index contributed by atoms with van der Waals surface area (Å²) in [5, 5.41) is 21.0. The number of nitrogens with two attached hydrogens (primary N) is 2. The first-order valence-electron chi connectivity index (χ1n) is 10.9. The van der Waals surface area contributed by atoms with Crippen LogP contribution in [0.15, 0.2) is 0 Å². The zero-order valence-corrected chi connectivity index (χ0v) is 17.9. The molecule has 2 fully saturated rings. The monoisotopic (exact) mass is 368 g/mol. The number of aliphatic hydroxyl groups excluding tert-OH is 2. The minimum atomic E-state index is -0.400. The molecule has 2 aliphatic carbocycles. The van der Waals surface area contributed by atoms with Gasteiger partial charge in [-0.15, -0.1) is 0 Å². The quantitative estimate of drug-likeness (QED) is 0.600. The van der Waals surface area contributed by atoms with Gasteiger partial charge in [-0.3, -0.25) is 0 Å². The molecule has 10 atom stereocenters. The van der Waals surface area contributed by atoms with Crippen molar-refractivity contribution in [2.75, 3.05) is 0 Å². The molecule has 0 heterocycles. The lowest BCUT2D eigenvalue weighted by atomic mass is 9.50. The average Bonchev–Trinajstić information content (AvgIpc) is 2.62. The fraction of sp³-hybridized carbons (Fsp3) is 1.00. The number of unbranched alkanes of at least 4 members (excludes halogenated alkanes) is 1. The zero-order valence-electron chi connectivity index (χ0n) is 17.9. The van der Waals surface area contributed by atoms with Gasteiger partial charge in [-0.1, -0.05) is 54.4 Å². The van der Waals surface area contributed by atoms with Gasteiger partial charge in [-0.05, 0) is 60.2 Å². The first-order chi connectivity index (χ1) is 12.1. The maximum absolute atomic E-state index is 10.5. The Kier molecular flexibility index (Phi) is 7.21. The number of hydrogen-bond acceptors (Lipinski definition) is 4. The SMILES string of the molecule is CCCCC(C)(C1CC(C)C(O)C(N)C1C)C1CC(C)C(O)C(N)C1C. The first-order valence-corrected chi connectivity index (χ1v) is 10.9. The number of rotatable bonds is 5. The third-order valence-corrected chi connectivity index (χ3v) is 8.45. The van der Waals surface area contributed by atoms with E-state index in [2.05, 4.69) is 41.5 Å². The van der Waals surface area contributed by atoms with Gasteiger partial charge in [0.1, 0.15) is 0 Å². The Morgan fingerprint density at radius 2 is 1.23 bits per heavy atom. The summed E-state index contributed by atoms with van der Waals surface area (Å²) in [5.41, 5.74) is 13.1. The molecule has 26 heavy (non-hydrogen) atoms. The normalized spacial score (nSPS) is 49.6. The van der Waals surface area contributed by atoms with Crippen molar-refractivity contribution in [1.82, 2.24) is 0 Å². The minimum absolute atomic E-state index is 0.146. The summed E-state index contributed by atoms with van der Waals surface area (Å²) < 4.78 is 0. The molecule has 0 aliphatic heterocycles. The second-order valence-corrected chi connectivity index (χ2v) is 10.1. The summed E-state index contributed by atoms with van der Waals surface area (Å²) in [4.78, 5) is 0. The second-order valence-electron chi connectivity index (χ2n) is 10.1. The molecule has 0 aromatic heterocycles. The van der Waals surface area contributed by atoms with Crippen molar-refractivity contribution in [3.63, 3.8) is 0 Å². The fourth-order valence-electron chi connectivity index (χ4n) is 6.37. The van der Waals surface area contributed by atoms with Gasteiger partial charge in [0.25, 0.3) is 0 Å². The van der Waals surface area contributed by atoms with Crippen molar-refractivity contribution < 1.29 is 10.2 Å². The summed E-state index contributed by atoms with van der Waals surface area (Å²) in [6.07, 6.45) is 4.84. The van der Waals surface area contributed by atoms with E-state index in [-0.39, 0.29) is 29.3 Å². The lowest BCUT2D eigenvalue weighted by Crippen LogP contribution is -2.59. The van der Waals surface area contributed by atoms with E-state index in [4.69, 9.17) is 11.5 Å². The molecule has 0 aromatic carbocycles. The Morgan fingerprint density at radius 1 is 0.846 bits per heavy atom. The van der Waals surface area contributed by atoms with Gasteiger partial charge in [0.05, 0.1) is 12.2 Å². The van der Waals surface area contributed by atoms with Gasteiger partial charge in [0, 0.05) is 12.1 Å². The topological polar surface area (TPSA) is 92.5 Å². The Balaban J connectivity index is 2.38. The van der Waals surface area contributed by atoms with Crippen molar-refractivity contribution in [2.24, 2.45) is 52.4 Å². The van der Waals surface area contributed by atoms with E-state index in [1.807, 2.05) is 0 Å². The molecule has 2 aliphatic rings. The lowest BCUT2D eigenvalue weighted by molar-refractivity contribution is -0.102. The van der Waals surface area contributed by atoms with Crippen LogP contribution in [0.4, 0.5) is 0 Å². The highest BCUT2D eigenvalue weighted by molar-refractivity contribution is 5.04. The van der Waals surface area contributed by atoms with Gasteiger partial charge < -0.3 is 21.7 Å². The van der Waals surface area contributed by atoms with Gasteiger partial charge in [0.15, 0.2) is 0 Å². The smallest absolute Gasteiger partial charge is 0.0719 e. The van der Waals surface area contributed by atoms with Crippen LogP contribution in [0, 0.1) is 40.9 Å². The standard InChI is InChI=1S/C22H44N2O2/c1-7-8-9-22(6,16-10-12(2)20(25)18(23)14(16)4)17-11-13(3)21(26)19(24)15(17)5/h12-21,25-26H,7-11,23-24H2,1-6H3. The number of hydrogen-bond donors (Lipinski definition) is 4. The van der Waals surface area contributed by atoms with Crippen molar-refractivity contribution in [2.45, 2.75) is 97.9 Å². The molecule has 0 aromatic rings. The predicted molar refractivity (Wildman–Crippen MR) is 108 cm³/mol. The molecule has 0 bridgehead atoms. The predicted octanol–water partition coefficient (Wildman–Crippen LogP) is 3.14. The van der Waals surface area contributed by atoms with Crippen LogP contribution in [0.5, 0.6) is 0 Å². The zero-order chi connectivity index (χ0) is 19.8. The van der Waals surface area contributed by atoms with Crippen LogP contribution in [0.1, 0.15) is 73.6 Å². The van der Waals surface area contributed by atoms with Gasteiger partial charge in [-0.2, -0.15) is 0 Å². The van der Waals surface area contributed by atoms with Crippen molar-refractivity contribution in [3.05, 3.63) is 0 Å². The Morgan fingerprint density at radius 3 is 1.58 bits per heavy atom. The van der Waals surface area contributed by atoms with E-state index in [0.717, 1.165) is 12.8 Å². The van der Waals surface area contributed by atoms with Crippen LogP contribution in [0.25, 0.3) is 0 Å². The van der Waals surface area contributed by atoms with Crippen molar-refractivity contribution >= 4 is 0 Å². The molecule has 4 nitrogen and oxygen atoms in total. The molecule has 0 amide bonds. The summed E-state index contributed by atoms with van der Waals surface area (Å²) in [6, 6.07) is -0.305. The van der Waals surface area contributed by atoms with Crippen LogP contribution in [0.3, 0.4) is 0 Å². The molecule has 4 heteroatoms. The van der Waals surface area contributed by atoms with Crippen LogP contribution >= 0.6 is 0 Å². The molecule has 2 rings (SSSR count). The van der Waals surface area contributed by atoms with Crippen LogP contribution in [0.2, 0.25) is 0 Å². The minimum Gasteiger partial charge on any atom is -0.391 e. The summed E-state index contributed by atoms with van der Waals surface area (Å²) >= 11 is 0. The Labute approximate surface area is 161 Å². The van der Waals surface area contributed by atoms with Gasteiger partial charge in [0.2, 0.25) is 0 Å².